The summed E-state index contributed by atoms with van der Waals surface area (Å²) in [4.78, 5) is 36.1. The second-order valence-electron chi connectivity index (χ2n) is 4.75. The molecule has 1 heterocycles. The first-order chi connectivity index (χ1) is 11.4. The zero-order valence-electron chi connectivity index (χ0n) is 12.2. The molecule has 0 saturated carbocycles. The summed E-state index contributed by atoms with van der Waals surface area (Å²) in [5.41, 5.74) is -1.57. The standard InChI is InChI=1S/C13H12ClN5O5/c14-12-10(6-9(18(21)22)7-11(12)19(23)24)13(20)16-2-1-4-17-5-3-15-8-17/h3,5-8H,1-2,4H2,(H,16,20). The number of benzene rings is 1. The molecule has 1 aromatic carbocycles. The normalized spacial score (nSPS) is 10.4. The van der Waals surface area contributed by atoms with Gasteiger partial charge in [-0.05, 0) is 6.42 Å². The van der Waals surface area contributed by atoms with Crippen molar-refractivity contribution in [1.82, 2.24) is 14.9 Å². The lowest BCUT2D eigenvalue weighted by Gasteiger charge is -2.07. The highest BCUT2D eigenvalue weighted by molar-refractivity contribution is 6.36. The number of amides is 1. The summed E-state index contributed by atoms with van der Waals surface area (Å²) in [7, 11) is 0. The average molecular weight is 354 g/mol. The number of aryl methyl sites for hydroxylation is 1. The first-order valence-electron chi connectivity index (χ1n) is 6.76. The molecule has 0 fully saturated rings. The number of rotatable bonds is 7. The summed E-state index contributed by atoms with van der Waals surface area (Å²) in [6, 6.07) is 1.64. The highest BCUT2D eigenvalue weighted by Gasteiger charge is 2.26. The van der Waals surface area contributed by atoms with Crippen LogP contribution in [0.1, 0.15) is 16.8 Å². The number of non-ortho nitro benzene ring substituents is 1. The maximum absolute atomic E-state index is 12.1. The van der Waals surface area contributed by atoms with Gasteiger partial charge in [0.25, 0.3) is 17.3 Å². The van der Waals surface area contributed by atoms with Crippen LogP contribution in [0, 0.1) is 20.2 Å². The molecular weight excluding hydrogens is 342 g/mol. The topological polar surface area (TPSA) is 133 Å². The Morgan fingerprint density at radius 3 is 2.62 bits per heavy atom. The Morgan fingerprint density at radius 2 is 2.04 bits per heavy atom. The van der Waals surface area contributed by atoms with Gasteiger partial charge < -0.3 is 9.88 Å². The first-order valence-corrected chi connectivity index (χ1v) is 7.14. The third kappa shape index (κ3) is 4.04. The van der Waals surface area contributed by atoms with Gasteiger partial charge in [0, 0.05) is 31.5 Å². The summed E-state index contributed by atoms with van der Waals surface area (Å²) in [5, 5.41) is 23.9. The van der Waals surface area contributed by atoms with E-state index < -0.39 is 32.2 Å². The summed E-state index contributed by atoms with van der Waals surface area (Å²) in [6.07, 6.45) is 5.60. The summed E-state index contributed by atoms with van der Waals surface area (Å²) < 4.78 is 1.82. The van der Waals surface area contributed by atoms with Crippen molar-refractivity contribution in [2.24, 2.45) is 0 Å². The number of imidazole rings is 1. The van der Waals surface area contributed by atoms with Crippen molar-refractivity contribution < 1.29 is 14.6 Å². The van der Waals surface area contributed by atoms with Crippen molar-refractivity contribution in [3.05, 3.63) is 61.7 Å². The van der Waals surface area contributed by atoms with Crippen LogP contribution in [0.3, 0.4) is 0 Å². The van der Waals surface area contributed by atoms with Crippen molar-refractivity contribution >= 4 is 28.9 Å². The molecule has 0 saturated heterocycles. The molecule has 2 rings (SSSR count). The van der Waals surface area contributed by atoms with E-state index in [2.05, 4.69) is 10.3 Å². The Balaban J connectivity index is 2.09. The van der Waals surface area contributed by atoms with Crippen LogP contribution in [-0.4, -0.2) is 31.8 Å². The lowest BCUT2D eigenvalue weighted by atomic mass is 10.1. The third-order valence-electron chi connectivity index (χ3n) is 3.13. The molecule has 0 atom stereocenters. The fourth-order valence-electron chi connectivity index (χ4n) is 1.98. The highest BCUT2D eigenvalue weighted by atomic mass is 35.5. The molecule has 24 heavy (non-hydrogen) atoms. The van der Waals surface area contributed by atoms with Gasteiger partial charge in [0.2, 0.25) is 0 Å². The van der Waals surface area contributed by atoms with E-state index >= 15 is 0 Å². The van der Waals surface area contributed by atoms with Gasteiger partial charge in [-0.15, -0.1) is 0 Å². The number of hydrogen-bond acceptors (Lipinski definition) is 6. The van der Waals surface area contributed by atoms with Crippen molar-refractivity contribution in [2.45, 2.75) is 13.0 Å². The van der Waals surface area contributed by atoms with Gasteiger partial charge in [0.05, 0.1) is 27.8 Å². The molecule has 0 aliphatic rings. The lowest BCUT2D eigenvalue weighted by Crippen LogP contribution is -2.25. The number of hydrogen-bond donors (Lipinski definition) is 1. The molecular formula is C13H12ClN5O5. The van der Waals surface area contributed by atoms with Crippen molar-refractivity contribution in [1.29, 1.82) is 0 Å². The molecule has 0 radical (unpaired) electrons. The molecule has 0 aliphatic heterocycles. The Morgan fingerprint density at radius 1 is 1.29 bits per heavy atom. The molecule has 0 spiro atoms. The van der Waals surface area contributed by atoms with Crippen LogP contribution in [0.2, 0.25) is 5.02 Å². The van der Waals surface area contributed by atoms with Gasteiger partial charge in [0.15, 0.2) is 0 Å². The largest absolute Gasteiger partial charge is 0.352 e. The molecule has 0 bridgehead atoms. The second kappa shape index (κ2) is 7.51. The Labute approximate surface area is 140 Å². The monoisotopic (exact) mass is 353 g/mol. The molecule has 1 aromatic heterocycles. The van der Waals surface area contributed by atoms with Crippen LogP contribution in [0.5, 0.6) is 0 Å². The number of nitrogens with one attached hydrogen (secondary N) is 1. The van der Waals surface area contributed by atoms with Gasteiger partial charge >= 0.3 is 0 Å². The highest BCUT2D eigenvalue weighted by Crippen LogP contribution is 2.32. The maximum Gasteiger partial charge on any atom is 0.295 e. The first kappa shape index (κ1) is 17.3. The van der Waals surface area contributed by atoms with E-state index in [1.54, 1.807) is 18.7 Å². The van der Waals surface area contributed by atoms with Crippen LogP contribution in [0.4, 0.5) is 11.4 Å². The zero-order valence-corrected chi connectivity index (χ0v) is 13.0. The van der Waals surface area contributed by atoms with Crippen molar-refractivity contribution in [3.63, 3.8) is 0 Å². The Bertz CT molecular complexity index is 777. The van der Waals surface area contributed by atoms with Crippen LogP contribution in [0.15, 0.2) is 30.9 Å². The summed E-state index contributed by atoms with van der Waals surface area (Å²) in [6.45, 7) is 0.882. The minimum Gasteiger partial charge on any atom is -0.352 e. The van der Waals surface area contributed by atoms with E-state index in [0.717, 1.165) is 12.1 Å². The predicted molar refractivity (Wildman–Crippen MR) is 83.9 cm³/mol. The number of nitrogens with zero attached hydrogens (tertiary/aromatic N) is 4. The third-order valence-corrected chi connectivity index (χ3v) is 3.53. The zero-order chi connectivity index (χ0) is 17.7. The van der Waals surface area contributed by atoms with E-state index in [9.17, 15) is 25.0 Å². The predicted octanol–water partition coefficient (Wildman–Crippen LogP) is 2.17. The van der Waals surface area contributed by atoms with Gasteiger partial charge in [-0.25, -0.2) is 4.98 Å². The number of nitro groups is 2. The maximum atomic E-state index is 12.1. The van der Waals surface area contributed by atoms with Crippen LogP contribution < -0.4 is 5.32 Å². The van der Waals surface area contributed by atoms with Crippen LogP contribution >= 0.6 is 11.6 Å². The second-order valence-corrected chi connectivity index (χ2v) is 5.13. The van der Waals surface area contributed by atoms with E-state index in [1.807, 2.05) is 4.57 Å². The van der Waals surface area contributed by atoms with Gasteiger partial charge in [-0.1, -0.05) is 11.6 Å². The Hall–Kier alpha value is -3.01. The fraction of sp³-hybridized carbons (Fsp3) is 0.231. The van der Waals surface area contributed by atoms with Crippen LogP contribution in [-0.2, 0) is 6.54 Å². The number of nitro benzene ring substituents is 2. The van der Waals surface area contributed by atoms with Gasteiger partial charge in [-0.3, -0.25) is 25.0 Å². The van der Waals surface area contributed by atoms with E-state index in [-0.39, 0.29) is 12.1 Å². The molecule has 1 amide bonds. The van der Waals surface area contributed by atoms with E-state index in [1.165, 1.54) is 0 Å². The molecule has 11 heteroatoms. The minimum atomic E-state index is -0.870. The fourth-order valence-corrected chi connectivity index (χ4v) is 2.24. The van der Waals surface area contributed by atoms with E-state index in [4.69, 9.17) is 11.6 Å². The molecule has 0 unspecified atom stereocenters. The average Bonchev–Trinajstić information content (AvgIpc) is 3.04. The molecule has 126 valence electrons. The molecule has 2 aromatic rings. The smallest absolute Gasteiger partial charge is 0.295 e. The minimum absolute atomic E-state index is 0.268. The van der Waals surface area contributed by atoms with Gasteiger partial charge in [-0.2, -0.15) is 0 Å². The molecule has 10 nitrogen and oxygen atoms in total. The lowest BCUT2D eigenvalue weighted by molar-refractivity contribution is -0.394. The number of halogens is 1. The van der Waals surface area contributed by atoms with E-state index in [0.29, 0.717) is 13.0 Å². The molecule has 1 N–H and O–H groups in total. The summed E-state index contributed by atoms with van der Waals surface area (Å²) >= 11 is 5.83. The number of aromatic nitrogens is 2. The Kier molecular flexibility index (Phi) is 5.42. The number of carbonyl (C=O) groups excluding carboxylic acids is 1. The van der Waals surface area contributed by atoms with Gasteiger partial charge in [0.1, 0.15) is 5.02 Å². The van der Waals surface area contributed by atoms with Crippen molar-refractivity contribution in [2.75, 3.05) is 6.54 Å². The number of carbonyl (C=O) groups is 1. The van der Waals surface area contributed by atoms with Crippen LogP contribution in [0.25, 0.3) is 0 Å². The van der Waals surface area contributed by atoms with Crippen molar-refractivity contribution in [3.8, 4) is 0 Å². The molecule has 0 aliphatic carbocycles. The quantitative estimate of drug-likeness (QED) is 0.460. The SMILES string of the molecule is O=C(NCCCn1ccnc1)c1cc([N+](=O)[O-])cc([N+](=O)[O-])c1Cl. The summed E-state index contributed by atoms with van der Waals surface area (Å²) in [5.74, 6) is -0.711.